The lowest BCUT2D eigenvalue weighted by Gasteiger charge is -2.61. The van der Waals surface area contributed by atoms with Crippen molar-refractivity contribution < 1.29 is 28.9 Å². The first-order valence-electron chi connectivity index (χ1n) is 14.8. The second-order valence-electron chi connectivity index (χ2n) is 14.0. The molecule has 0 aromatic rings. The van der Waals surface area contributed by atoms with E-state index in [1.807, 2.05) is 0 Å². The Bertz CT molecular complexity index is 973. The molecular weight excluding hydrogens is 468 g/mol. The molecule has 0 amide bonds. The number of carbonyl (C=O) groups is 2. The number of carbonyl (C=O) groups excluding carboxylic acids is 2. The molecule has 4 aliphatic carbocycles. The fraction of sp³-hybridized carbons (Fsp3) is 0.871. The quantitative estimate of drug-likeness (QED) is 0.264. The molecule has 1 aliphatic heterocycles. The molecule has 6 heteroatoms. The van der Waals surface area contributed by atoms with Crippen molar-refractivity contribution in [2.75, 3.05) is 0 Å². The van der Waals surface area contributed by atoms with E-state index in [1.165, 1.54) is 45.1 Å². The highest BCUT2D eigenvalue weighted by molar-refractivity contribution is 5.67. The van der Waals surface area contributed by atoms with E-state index >= 15 is 0 Å². The van der Waals surface area contributed by atoms with Gasteiger partial charge < -0.3 is 19.3 Å². The summed E-state index contributed by atoms with van der Waals surface area (Å²) in [4.78, 5) is 24.0. The van der Waals surface area contributed by atoms with Crippen molar-refractivity contribution in [2.45, 2.75) is 136 Å². The number of epoxide rings is 1. The van der Waals surface area contributed by atoms with Gasteiger partial charge in [0, 0.05) is 25.7 Å². The molecule has 0 radical (unpaired) electrons. The van der Waals surface area contributed by atoms with Crippen molar-refractivity contribution >= 4 is 11.9 Å². The Morgan fingerprint density at radius 2 is 1.76 bits per heavy atom. The Kier molecular flexibility index (Phi) is 6.67. The smallest absolute Gasteiger partial charge is 0.303 e. The zero-order chi connectivity index (χ0) is 27.0. The van der Waals surface area contributed by atoms with Crippen molar-refractivity contribution in [3.8, 4) is 0 Å². The summed E-state index contributed by atoms with van der Waals surface area (Å²) >= 11 is 0. The summed E-state index contributed by atoms with van der Waals surface area (Å²) in [5, 5.41) is 12.4. The molecule has 4 fully saturated rings. The minimum absolute atomic E-state index is 0.0727. The Hall–Kier alpha value is -1.40. The zero-order valence-electron chi connectivity index (χ0n) is 24.0. The van der Waals surface area contributed by atoms with E-state index in [2.05, 4.69) is 40.7 Å². The molecule has 1 N–H and O–H groups in total. The molecule has 10 atom stereocenters. The Balaban J connectivity index is 1.49. The zero-order valence-corrected chi connectivity index (χ0v) is 24.0. The van der Waals surface area contributed by atoms with Gasteiger partial charge in [0.1, 0.15) is 23.4 Å². The lowest BCUT2D eigenvalue weighted by molar-refractivity contribution is -0.225. The molecule has 208 valence electrons. The van der Waals surface area contributed by atoms with Gasteiger partial charge in [0.2, 0.25) is 0 Å². The van der Waals surface area contributed by atoms with Crippen LogP contribution in [0.2, 0.25) is 0 Å². The molecule has 0 aromatic carbocycles. The van der Waals surface area contributed by atoms with Crippen LogP contribution in [0.15, 0.2) is 11.6 Å². The van der Waals surface area contributed by atoms with Gasteiger partial charge >= 0.3 is 11.9 Å². The molecule has 5 rings (SSSR count). The first-order valence-corrected chi connectivity index (χ1v) is 14.8. The minimum Gasteiger partial charge on any atom is -0.462 e. The van der Waals surface area contributed by atoms with Gasteiger partial charge in [-0.05, 0) is 72.8 Å². The summed E-state index contributed by atoms with van der Waals surface area (Å²) in [5.74, 6) is 1.68. The molecule has 37 heavy (non-hydrogen) atoms. The number of hydrogen-bond donors (Lipinski definition) is 1. The minimum atomic E-state index is -1.36. The van der Waals surface area contributed by atoms with Crippen LogP contribution in [0.5, 0.6) is 0 Å². The number of esters is 2. The maximum absolute atomic E-state index is 12.4. The van der Waals surface area contributed by atoms with Crippen LogP contribution in [0, 0.1) is 34.5 Å². The second-order valence-corrected chi connectivity index (χ2v) is 14.0. The van der Waals surface area contributed by atoms with Crippen molar-refractivity contribution in [1.29, 1.82) is 0 Å². The van der Waals surface area contributed by atoms with Crippen LogP contribution in [-0.4, -0.2) is 46.6 Å². The maximum Gasteiger partial charge on any atom is 0.303 e. The van der Waals surface area contributed by atoms with Gasteiger partial charge in [-0.15, -0.1) is 0 Å². The van der Waals surface area contributed by atoms with Crippen LogP contribution in [0.1, 0.15) is 106 Å². The highest BCUT2D eigenvalue weighted by Crippen LogP contribution is 2.76. The Morgan fingerprint density at radius 3 is 2.41 bits per heavy atom. The van der Waals surface area contributed by atoms with Crippen LogP contribution in [0.4, 0.5) is 0 Å². The van der Waals surface area contributed by atoms with Crippen LogP contribution >= 0.6 is 0 Å². The summed E-state index contributed by atoms with van der Waals surface area (Å²) in [5.41, 5.74) is -1.07. The lowest BCUT2D eigenvalue weighted by Crippen LogP contribution is -2.70. The Morgan fingerprint density at radius 1 is 1.05 bits per heavy atom. The topological polar surface area (TPSA) is 85.4 Å². The monoisotopic (exact) mass is 516 g/mol. The summed E-state index contributed by atoms with van der Waals surface area (Å²) in [6.45, 7) is 14.5. The molecule has 1 saturated heterocycles. The van der Waals surface area contributed by atoms with E-state index in [1.54, 1.807) is 0 Å². The van der Waals surface area contributed by atoms with E-state index < -0.39 is 34.8 Å². The average Bonchev–Trinajstić information content (AvgIpc) is 3.40. The van der Waals surface area contributed by atoms with E-state index in [0.717, 1.165) is 18.8 Å². The van der Waals surface area contributed by atoms with Crippen LogP contribution in [-0.2, 0) is 23.8 Å². The first kappa shape index (κ1) is 27.2. The van der Waals surface area contributed by atoms with Gasteiger partial charge in [0.25, 0.3) is 0 Å². The summed E-state index contributed by atoms with van der Waals surface area (Å²) in [6.07, 6.45) is 9.75. The van der Waals surface area contributed by atoms with Crippen LogP contribution < -0.4 is 0 Å². The second kappa shape index (κ2) is 9.08. The van der Waals surface area contributed by atoms with E-state index in [9.17, 15) is 14.7 Å². The number of fused-ring (bicyclic) bond motifs is 3. The van der Waals surface area contributed by atoms with Crippen LogP contribution in [0.25, 0.3) is 0 Å². The first-order chi connectivity index (χ1) is 17.3. The van der Waals surface area contributed by atoms with Crippen molar-refractivity contribution in [1.82, 2.24) is 0 Å². The summed E-state index contributed by atoms with van der Waals surface area (Å²) in [7, 11) is 0. The van der Waals surface area contributed by atoms with Gasteiger partial charge in [-0.3, -0.25) is 9.59 Å². The summed E-state index contributed by atoms with van der Waals surface area (Å²) < 4.78 is 18.2. The molecule has 0 bridgehead atoms. The van der Waals surface area contributed by atoms with Crippen molar-refractivity contribution in [3.63, 3.8) is 0 Å². The van der Waals surface area contributed by atoms with E-state index in [4.69, 9.17) is 14.2 Å². The van der Waals surface area contributed by atoms with E-state index in [-0.39, 0.29) is 23.9 Å². The number of hydrogen-bond acceptors (Lipinski definition) is 6. The number of rotatable bonds is 7. The molecule has 1 spiro atoms. The molecule has 3 saturated carbocycles. The van der Waals surface area contributed by atoms with Gasteiger partial charge in [0.05, 0.1) is 6.10 Å². The number of aliphatic hydroxyl groups is 1. The molecule has 6 nitrogen and oxygen atoms in total. The summed E-state index contributed by atoms with van der Waals surface area (Å²) in [6, 6.07) is 0. The fourth-order valence-corrected chi connectivity index (χ4v) is 9.61. The van der Waals surface area contributed by atoms with Gasteiger partial charge in [-0.2, -0.15) is 0 Å². The van der Waals surface area contributed by atoms with Gasteiger partial charge in [0.15, 0.2) is 0 Å². The normalized spacial score (nSPS) is 46.6. The molecule has 0 aromatic heterocycles. The SMILES string of the molecule is CC(=O)O[C@H]1CC[C@@]2(C)[C@](O)(C1)[C@@H](OC(C)=O)C=C1[C@@H]3CC[C@H]([C@H](C)CCCC(C)C)[C@@]3(C)C[C@H]3O[C@@]132. The average molecular weight is 517 g/mol. The lowest BCUT2D eigenvalue weighted by atomic mass is 9.45. The van der Waals surface area contributed by atoms with Gasteiger partial charge in [-0.25, -0.2) is 0 Å². The van der Waals surface area contributed by atoms with E-state index in [0.29, 0.717) is 30.6 Å². The Labute approximate surface area is 222 Å². The highest BCUT2D eigenvalue weighted by atomic mass is 16.6. The third-order valence-corrected chi connectivity index (χ3v) is 11.4. The fourth-order valence-electron chi connectivity index (χ4n) is 9.61. The predicted octanol–water partition coefficient (Wildman–Crippen LogP) is 5.75. The third kappa shape index (κ3) is 3.94. The molecular formula is C31H48O6. The standard InChI is InChI=1S/C31H48O6/c1-18(2)9-8-10-19(3)23-11-12-24-25-15-26(36-21(5)33)30(34)16-22(35-20(4)32)13-14-29(30,7)31(25)27(37-31)17-28(23,24)6/h15,18-19,22-24,26-27,34H,8-14,16-17H2,1-7H3/t19-,22+,23-,24+,26+,27-,28-,29+,30+,31+/m1/s1. The van der Waals surface area contributed by atoms with Gasteiger partial charge in [-0.1, -0.05) is 53.9 Å². The maximum atomic E-state index is 12.4. The van der Waals surface area contributed by atoms with Crippen molar-refractivity contribution in [2.24, 2.45) is 34.5 Å². The van der Waals surface area contributed by atoms with Crippen LogP contribution in [0.3, 0.4) is 0 Å². The molecule has 0 unspecified atom stereocenters. The molecule has 1 heterocycles. The van der Waals surface area contributed by atoms with Crippen molar-refractivity contribution in [3.05, 3.63) is 11.6 Å². The third-order valence-electron chi connectivity index (χ3n) is 11.4. The predicted molar refractivity (Wildman–Crippen MR) is 140 cm³/mol. The molecule has 5 aliphatic rings. The highest BCUT2D eigenvalue weighted by Gasteiger charge is 2.82. The largest absolute Gasteiger partial charge is 0.462 e. The number of ether oxygens (including phenoxy) is 3.